The monoisotopic (exact) mass is 2000 g/mol. The first-order valence-corrected chi connectivity index (χ1v) is 51.1. The van der Waals surface area contributed by atoms with Crippen LogP contribution in [0.4, 0.5) is 49.7 Å². The van der Waals surface area contributed by atoms with Gasteiger partial charge in [-0.3, -0.25) is 14.4 Å². The molecule has 0 aliphatic carbocycles. The van der Waals surface area contributed by atoms with Gasteiger partial charge in [-0.25, -0.2) is 24.4 Å². The summed E-state index contributed by atoms with van der Waals surface area (Å²) < 4.78 is 13.5. The van der Waals surface area contributed by atoms with Gasteiger partial charge < -0.3 is 96.3 Å². The molecule has 9 aliphatic rings. The van der Waals surface area contributed by atoms with Crippen molar-refractivity contribution in [1.29, 1.82) is 0 Å². The molecule has 9 saturated heterocycles. The van der Waals surface area contributed by atoms with E-state index in [1.807, 2.05) is 70.4 Å². The molecule has 7 aromatic rings. The normalized spacial score (nSPS) is 23.1. The largest absolute Gasteiger partial charge is 0.474 e. The van der Waals surface area contributed by atoms with Gasteiger partial charge in [0.1, 0.15) is 22.8 Å². The highest BCUT2D eigenvalue weighted by Crippen LogP contribution is 2.41. The molecule has 8 unspecified atom stereocenters. The molecule has 9 N–H and O–H groups in total. The number of nitrogens with one attached hydrogen (secondary N) is 4. The summed E-state index contributed by atoms with van der Waals surface area (Å²) in [5, 5.41) is 20.5. The van der Waals surface area contributed by atoms with E-state index in [4.69, 9.17) is 26.0 Å². The molecule has 9 fully saturated rings. The highest BCUT2D eigenvalue weighted by molar-refractivity contribution is 9.10. The van der Waals surface area contributed by atoms with Crippen LogP contribution in [0.5, 0.6) is 0 Å². The molecule has 5 aromatic carbocycles. The number of carbonyl (C=O) groups excluding carboxylic acids is 5. The van der Waals surface area contributed by atoms with E-state index < -0.39 is 34.9 Å². The number of piperazine rings is 3. The lowest BCUT2D eigenvalue weighted by Gasteiger charge is -2.40. The third-order valence-electron chi connectivity index (χ3n) is 26.9. The summed E-state index contributed by atoms with van der Waals surface area (Å²) in [6, 6.07) is 47.7. The number of likely N-dealkylation sites (N-methyl/N-ethyl adjacent to an activating group) is 3. The van der Waals surface area contributed by atoms with Crippen molar-refractivity contribution < 1.29 is 43.3 Å². The molecule has 9 aliphatic heterocycles. The van der Waals surface area contributed by atoms with Crippen molar-refractivity contribution in [1.82, 2.24) is 54.9 Å². The number of carbonyl (C=O) groups is 6. The smallest absolute Gasteiger partial charge is 0.410 e. The zero-order valence-electron chi connectivity index (χ0n) is 84.2. The van der Waals surface area contributed by atoms with Crippen LogP contribution in [0.3, 0.4) is 0 Å². The number of amides is 5. The lowest BCUT2D eigenvalue weighted by Crippen LogP contribution is -2.46. The number of aromatic nitrogens is 2. The Labute approximate surface area is 828 Å². The Kier molecular flexibility index (Phi) is 41.9. The Bertz CT molecular complexity index is 4910. The quantitative estimate of drug-likeness (QED) is 0.0626. The van der Waals surface area contributed by atoms with Gasteiger partial charge in [0, 0.05) is 136 Å². The molecule has 5 amide bonds. The number of hydrogen-bond acceptors (Lipinski definition) is 21. The molecule has 16 rings (SSSR count). The second-order valence-corrected chi connectivity index (χ2v) is 43.1. The first-order chi connectivity index (χ1) is 64.7. The first-order valence-electron chi connectivity index (χ1n) is 49.5. The number of nitrogen functional groups attached to an aromatic ring is 2. The van der Waals surface area contributed by atoms with Crippen molar-refractivity contribution in [2.45, 2.75) is 215 Å². The Morgan fingerprint density at radius 2 is 0.713 bits per heavy atom. The van der Waals surface area contributed by atoms with Crippen molar-refractivity contribution in [2.24, 2.45) is 29.6 Å². The summed E-state index contributed by atoms with van der Waals surface area (Å²) in [7, 11) is 8.73. The van der Waals surface area contributed by atoms with Crippen LogP contribution in [0.25, 0.3) is 0 Å². The number of carboxylic acid groups (broad SMARTS) is 1. The molecular weight excluding hydrogens is 1840 g/mol. The second-order valence-electron chi connectivity index (χ2n) is 41.3. The molecule has 2 aromatic heterocycles. The van der Waals surface area contributed by atoms with Crippen molar-refractivity contribution in [3.8, 4) is 0 Å². The number of likely N-dealkylation sites (tertiary alicyclic amines) is 4. The highest BCUT2D eigenvalue weighted by Gasteiger charge is 2.39. The van der Waals surface area contributed by atoms with Gasteiger partial charge in [-0.1, -0.05) is 134 Å². The molecule has 29 heteroatoms. The summed E-state index contributed by atoms with van der Waals surface area (Å²) in [6.07, 6.45) is 18.0. The first kappa shape index (κ1) is 109. The van der Waals surface area contributed by atoms with Crippen LogP contribution in [0.2, 0.25) is 0 Å². The van der Waals surface area contributed by atoms with E-state index in [0.29, 0.717) is 65.0 Å². The number of aryl methyl sites for hydroxylation is 2. The van der Waals surface area contributed by atoms with Gasteiger partial charge in [0.2, 0.25) is 0 Å². The van der Waals surface area contributed by atoms with E-state index in [1.165, 1.54) is 127 Å². The van der Waals surface area contributed by atoms with E-state index in [-0.39, 0.29) is 30.3 Å². The number of rotatable bonds is 10. The number of aliphatic carboxylic acids is 1. The Balaban J connectivity index is 0.000000170. The standard InChI is InChI=1S/C25H34N6O2.C22H35N3O2.C17H24BrNO2.C17H27N3.C12H16BrN.C8H9N3O3.C6H13N/c1-17-7-8-22(19-5-4-6-21(14-19)30-11-9-29(3)10-12-30)31(16-17)25(33)24(32)28-20-13-18(2)23(26)27-15-20;1-17-9-10-20(25(16-17)21(26)27-22(2,3)4)18-7-6-8-19(15-18)24-13-11-23(5)12-14-24;1-12-8-9-15(13-6-5-7-14(18)10-13)19(11-12)16(20)21-17(2,3)4;1-14-6-7-17(18-13-14)15-4-3-5-16(12-15)20-10-8-19(2)9-11-20;1-9-5-6-12(14-8-9)10-3-2-4-11(13)7-10;1-4-2-5(3-10-6(4)9)11-7(12)8(13)14;1-7-5-3-2-4-6-7/h4-6,13-15,17,22H,7-12,16H2,1-3H3,(H2,26,27)(H,28,32);6-8,15,17,20H,9-14,16H2,1-5H3;5-7,10,12,15H,8-9,11H2,1-4H3;3-5,12,14,17-18H,6-11,13H2,1-2H3;2-4,7,9,12,14H,5-6,8H2,1H3;2-3H,1H3,(H2,9,10)(H,11,12)(H,13,14);2-6H2,1H3/t17-,22+;;;;;;/m0....../s1. The molecule has 10 atom stereocenters. The summed E-state index contributed by atoms with van der Waals surface area (Å²) in [4.78, 5) is 103. The van der Waals surface area contributed by atoms with Crippen molar-refractivity contribution >= 4 is 108 Å². The fraction of sp³-hybridized carbons (Fsp3) is 0.570. The molecule has 136 heavy (non-hydrogen) atoms. The maximum absolute atomic E-state index is 13.3. The number of anilines is 7. The zero-order valence-corrected chi connectivity index (χ0v) is 87.4. The fourth-order valence-corrected chi connectivity index (χ4v) is 19.5. The number of nitrogens with zero attached hydrogens (tertiary/aromatic N) is 12. The third-order valence-corrected chi connectivity index (χ3v) is 27.9. The number of pyridine rings is 2. The van der Waals surface area contributed by atoms with Gasteiger partial charge in [0.25, 0.3) is 0 Å². The van der Waals surface area contributed by atoms with Crippen molar-refractivity contribution in [3.05, 3.63) is 194 Å². The predicted molar refractivity (Wildman–Crippen MR) is 559 cm³/mol. The van der Waals surface area contributed by atoms with E-state index in [9.17, 15) is 28.8 Å². The number of carboxylic acids is 1. The second kappa shape index (κ2) is 52.5. The van der Waals surface area contributed by atoms with Crippen LogP contribution in [-0.2, 0) is 28.7 Å². The third kappa shape index (κ3) is 34.8. The van der Waals surface area contributed by atoms with Crippen LogP contribution in [0.15, 0.2) is 155 Å². The predicted octanol–water partition coefficient (Wildman–Crippen LogP) is 19.1. The molecule has 0 spiro atoms. The van der Waals surface area contributed by atoms with Crippen LogP contribution >= 0.6 is 31.9 Å². The van der Waals surface area contributed by atoms with Gasteiger partial charge in [-0.2, -0.15) is 0 Å². The van der Waals surface area contributed by atoms with Crippen LogP contribution < -0.4 is 47.4 Å². The zero-order chi connectivity index (χ0) is 98.5. The number of ether oxygens (including phenoxy) is 2. The maximum atomic E-state index is 13.3. The topological polar surface area (TPSA) is 299 Å². The Hall–Kier alpha value is -9.46. The van der Waals surface area contributed by atoms with Crippen LogP contribution in [0.1, 0.15) is 229 Å². The molecule has 0 radical (unpaired) electrons. The van der Waals surface area contributed by atoms with E-state index in [0.717, 1.165) is 158 Å². The van der Waals surface area contributed by atoms with Gasteiger partial charge >= 0.3 is 35.9 Å². The van der Waals surface area contributed by atoms with Gasteiger partial charge in [-0.15, -0.1) is 0 Å². The minimum atomic E-state index is -1.54. The maximum Gasteiger partial charge on any atom is 0.410 e. The average molecular weight is 2000 g/mol. The minimum Gasteiger partial charge on any atom is -0.474 e. The summed E-state index contributed by atoms with van der Waals surface area (Å²) in [5.74, 6) is -0.0141. The van der Waals surface area contributed by atoms with Gasteiger partial charge in [0.15, 0.2) is 0 Å². The number of piperidine rings is 6. The number of benzene rings is 5. The summed E-state index contributed by atoms with van der Waals surface area (Å²) in [6.45, 7) is 46.2. The number of hydrogen-bond donors (Lipinski definition) is 7. The van der Waals surface area contributed by atoms with Gasteiger partial charge in [0.05, 0.1) is 41.9 Å². The fourth-order valence-electron chi connectivity index (χ4n) is 18.6. The van der Waals surface area contributed by atoms with Crippen molar-refractivity contribution in [2.75, 3.05) is 189 Å². The molecule has 0 saturated carbocycles. The minimum absolute atomic E-state index is 0.100. The van der Waals surface area contributed by atoms with Crippen molar-refractivity contribution in [3.63, 3.8) is 0 Å². The van der Waals surface area contributed by atoms with Crippen LogP contribution in [-0.4, -0.2) is 249 Å². The molecule has 27 nitrogen and oxygen atoms in total. The summed E-state index contributed by atoms with van der Waals surface area (Å²) in [5.41, 5.74) is 22.7. The highest BCUT2D eigenvalue weighted by atomic mass is 79.9. The average Bonchev–Trinajstić information content (AvgIpc) is 0.789. The summed E-state index contributed by atoms with van der Waals surface area (Å²) >= 11 is 7.02. The number of halogens is 2. The molecule has 11 heterocycles. The lowest BCUT2D eigenvalue weighted by molar-refractivity contribution is -0.147. The molecule has 0 bridgehead atoms. The lowest BCUT2D eigenvalue weighted by atomic mass is 9.89. The van der Waals surface area contributed by atoms with E-state index >= 15 is 0 Å². The van der Waals surface area contributed by atoms with E-state index in [1.54, 1.807) is 24.0 Å². The Morgan fingerprint density at radius 1 is 0.397 bits per heavy atom. The van der Waals surface area contributed by atoms with Crippen LogP contribution in [0, 0.1) is 43.4 Å². The van der Waals surface area contributed by atoms with Gasteiger partial charge in [-0.05, 0) is 328 Å². The molecule has 744 valence electrons. The van der Waals surface area contributed by atoms with E-state index in [2.05, 4.69) is 269 Å². The molecular formula is C107H158Br2N18O9. The number of nitrogens with two attached hydrogens (primary N) is 2. The Morgan fingerprint density at radius 3 is 1.05 bits per heavy atom. The SMILES string of the molecule is CC1CCC(c2cccc(Br)c2)N(C(=O)OC(C)(C)C)C1.CC1CCC(c2cccc(Br)c2)NC1.CC1CCC(c2cccc(N3CCN(C)CC3)c2)N(C(=O)OC(C)(C)C)C1.CC1CCC(c2cccc(N3CCN(C)CC3)c2)NC1.CN1CCCCC1.Cc1cc(NC(=O)C(=O)N2C[C@@H](C)CC[C@@H]2c2cccc(N3CCN(C)CC3)c2)cnc1N.Cc1cc(NC(=O)C(=O)O)cnc1N.